The van der Waals surface area contributed by atoms with E-state index in [-0.39, 0.29) is 102 Å². The zero-order chi connectivity index (χ0) is 106. The third-order valence-electron chi connectivity index (χ3n) is 21.7. The summed E-state index contributed by atoms with van der Waals surface area (Å²) in [7, 11) is -8.95. The van der Waals surface area contributed by atoms with Crippen molar-refractivity contribution in [3.8, 4) is 285 Å². The lowest BCUT2D eigenvalue weighted by Crippen LogP contribution is -2.51. The van der Waals surface area contributed by atoms with E-state index in [2.05, 4.69) is 269 Å². The molecule has 9 rings (SSSR count). The molecule has 147 heavy (non-hydrogen) atoms. The maximum atomic E-state index is 16.9. The summed E-state index contributed by atoms with van der Waals surface area (Å²) in [6, 6.07) is 28.0. The molecular formula is C115H177N8O21PSi2. The second-order valence-electron chi connectivity index (χ2n) is 33.8. The molecule has 1 amide bonds. The number of anilines is 1. The minimum Gasteiger partial charge on any atom is -0.497 e. The van der Waals surface area contributed by atoms with Gasteiger partial charge in [-0.2, -0.15) is 9.55 Å². The summed E-state index contributed by atoms with van der Waals surface area (Å²) in [5, 5.41) is 1.33. The number of nitrogens with one attached hydrogen (secondary N) is 2. The van der Waals surface area contributed by atoms with E-state index < -0.39 is 174 Å². The van der Waals surface area contributed by atoms with Gasteiger partial charge in [0.05, 0.1) is 40.2 Å². The van der Waals surface area contributed by atoms with Gasteiger partial charge in [-0.15, -0.1) is 12.8 Å². The number of carbonyl (C=O) groups excluding carboxylic acids is 4. The average Bonchev–Trinajstić information content (AvgIpc) is 1.54. The number of aromatic amines is 1. The molecule has 32 heteroatoms. The molecule has 5 heterocycles. The molecule has 2 fully saturated rings. The van der Waals surface area contributed by atoms with E-state index in [1.165, 1.54) is 38.1 Å². The van der Waals surface area contributed by atoms with Gasteiger partial charge in [0.2, 0.25) is 18.4 Å². The Morgan fingerprint density at radius 3 is 1.39 bits per heavy atom. The van der Waals surface area contributed by atoms with Crippen LogP contribution < -0.4 is 41.1 Å². The summed E-state index contributed by atoms with van der Waals surface area (Å²) in [6.07, 6.45) is 3.24. The van der Waals surface area contributed by atoms with Crippen molar-refractivity contribution in [2.24, 2.45) is 5.92 Å². The Kier molecular flexibility index (Phi) is 42.0. The van der Waals surface area contributed by atoms with Crippen molar-refractivity contribution in [3.05, 3.63) is 181 Å². The minimum atomic E-state index is -5.45. The molecule has 2 N–H and O–H groups in total. The molecule has 0 aliphatic carbocycles. The molecule has 0 bridgehead atoms. The third kappa shape index (κ3) is 32.8. The Labute approximate surface area is 921 Å². The van der Waals surface area contributed by atoms with Gasteiger partial charge in [-0.05, 0) is 191 Å². The molecule has 2 aliphatic heterocycles. The number of hydrogen-bond donors (Lipinski definition) is 2. The van der Waals surface area contributed by atoms with E-state index in [4.69, 9.17) is 84.7 Å². The number of H-pyrrole nitrogens is 1. The number of phosphoric ester groups is 1. The van der Waals surface area contributed by atoms with Gasteiger partial charge in [-0.25, -0.2) is 20.9 Å². The van der Waals surface area contributed by atoms with Crippen LogP contribution in [0.5, 0.6) is 23.0 Å². The lowest BCUT2D eigenvalue weighted by molar-refractivity contribution is -0.156. The van der Waals surface area contributed by atoms with Gasteiger partial charge in [-0.1, -0.05) is 110 Å². The first-order valence-electron chi connectivity index (χ1n) is 44.3. The highest BCUT2D eigenvalue weighted by Gasteiger charge is 2.58. The number of benzene rings is 4. The van der Waals surface area contributed by atoms with Crippen LogP contribution in [0.15, 0.2) is 130 Å². The number of hydrogen-bond acceptors (Lipinski definition) is 23. The second kappa shape index (κ2) is 55.1. The molecule has 2 saturated heterocycles. The predicted octanol–water partition coefficient (Wildman–Crippen LogP) is 21.6. The number of imidazole rings is 1. The fourth-order valence-corrected chi connectivity index (χ4v) is 16.6. The molecule has 3 unspecified atom stereocenters. The van der Waals surface area contributed by atoms with Crippen LogP contribution in [0.1, 0.15) is 177 Å². The molecule has 816 valence electrons. The minimum absolute atomic E-state index is 0. The average molecular weight is 2090 g/mol. The monoisotopic (exact) mass is 2090 g/mol. The Balaban J connectivity index is -0.000000161. The fourth-order valence-electron chi connectivity index (χ4n) is 12.7. The number of amides is 1. The number of carbonyl (C=O) groups is 4. The van der Waals surface area contributed by atoms with Crippen molar-refractivity contribution in [1.29, 1.82) is 0 Å². The highest BCUT2D eigenvalue weighted by Crippen LogP contribution is 2.56. The van der Waals surface area contributed by atoms with Crippen LogP contribution in [0.2, 0.25) is 36.3 Å². The number of phosphoric acid groups is 1. The zero-order valence-electron chi connectivity index (χ0n) is 82.3. The summed E-state index contributed by atoms with van der Waals surface area (Å²) in [5.74, 6) is 94.6. The van der Waals surface area contributed by atoms with Crippen molar-refractivity contribution in [1.82, 2.24) is 28.7 Å². The molecule has 0 spiro atoms. The van der Waals surface area contributed by atoms with Crippen LogP contribution in [-0.2, 0) is 65.9 Å². The van der Waals surface area contributed by atoms with Crippen LogP contribution in [0.25, 0.3) is 16.0 Å². The summed E-state index contributed by atoms with van der Waals surface area (Å²) in [5.41, 5.74) is -3.90. The van der Waals surface area contributed by atoms with E-state index in [0.717, 1.165) is 29.0 Å². The molecule has 2 aliphatic rings. The Morgan fingerprint density at radius 1 is 0.544 bits per heavy atom. The van der Waals surface area contributed by atoms with E-state index >= 15 is 14.2 Å². The van der Waals surface area contributed by atoms with Crippen LogP contribution in [-0.4, -0.2) is 146 Å². The van der Waals surface area contributed by atoms with Gasteiger partial charge in [0.25, 0.3) is 17.0 Å². The van der Waals surface area contributed by atoms with Gasteiger partial charge >= 0.3 is 19.5 Å². The number of ketones is 1. The van der Waals surface area contributed by atoms with Crippen molar-refractivity contribution in [2.75, 3.05) is 45.9 Å². The maximum Gasteiger partial charge on any atom is 0.475 e. The standard InChI is InChI=1S/C115H89N8O21PSi2.44H2/c1-19-21-23-25-27-29-31-33-35-37-39-41-43-45-47-49-51-53-55-60-77-134-94-80-88(81-95(82-94)135-78-61-56-54-52-50-48-46-44-42-40-38-36-34-32-30-28-26-24-22-20-2)108(129)123-98(125)74-76-121(112(123)130)109-103(143-146(15,16)113(6,7)8)101(141-99(126)73-64-87(5)124)97(140-109)84-138-145(131,137-79-75-116-12)142-102-96(83-136-115(89-62-58-57-59-63-89,90-65-69-92(132-13)70-66-90)91-67-71-93(133-14)72-68-91)139-110(104(102)144-147(17,18)114(9,10)11)122-85-117-100-105(122)118-111(120-107(100)128)119-106(127)86(3)4;;;;;;;;;;;;;;;;;;;;;;;;;;;;;;;;;;;;;;;;;;;;/h1-2,57-59,62-63,65-72,74,76,80-82,85-86,96-97,101-104,109-110H,64,73,75,79,83-84H2,3-11,13-18H3,(H2,118,119,120,127,128);44*1H/t96-,97-,101?,102?,103+,104+,109-,110-,145?;;;;;;;;;;;;;;;;;;;;;;;;;;;;;;;;;;;;;;;;;;;;/m1............................................/s1. The third-order valence-corrected chi connectivity index (χ3v) is 32.1. The number of nitrogens with zero attached hydrogens (tertiary/aromatic N) is 6. The van der Waals surface area contributed by atoms with Crippen molar-refractivity contribution < 1.29 is 147 Å². The van der Waals surface area contributed by atoms with Crippen LogP contribution in [0.4, 0.5) is 5.95 Å². The van der Waals surface area contributed by atoms with Gasteiger partial charge in [0.15, 0.2) is 46.4 Å². The number of fused-ring (bicyclic) bond motifs is 1. The number of terminal acetylenes is 2. The lowest BCUT2D eigenvalue weighted by atomic mass is 9.80. The zero-order valence-corrected chi connectivity index (χ0v) is 85.2. The first-order chi connectivity index (χ1) is 70.5. The smallest absolute Gasteiger partial charge is 0.475 e. The number of ether oxygens (including phenoxy) is 8. The SMILES string of the molecule is [C-]#[N+]CCOP(=O)(OC[C@H]1O[C@@H](n2ccc(=O)n(C(=O)c3cc(OC#CC#CC#CC#CC#CC#CC#CC#CC#CC#CC#C)cc(OC#CC#CC#CC#CC#CC#CC#CC#CC#CC#CC#C)c3)c2=O)[C@@H](O[Si](C)(C)C(C)(C)C)C1OC(=O)CCC(C)=O)OC1[C@@H](COC(c2ccccc2)(c2ccc(OC)cc2)c2ccc(OC)cc2)O[C@@H](n2cnc3c(=O)[nH]c(NC(=O)C(C)C)nc32)[C@H]1O[Si](C)(C)C(C)(C)C.[HH].[HH].[HH].[HH].[HH].[HH].[HH].[HH].[HH].[HH].[HH].[HH].[HH].[HH].[HH].[HH].[HH].[HH].[HH].[HH].[HH].[HH].[HH].[HH].[HH].[HH].[HH].[HH].[HH].[HH].[HH].[HH].[HH].[HH].[HH].[HH].[HH].[HH].[HH].[HH].[HH].[HH].[HH].[HH]. The molecule has 29 nitrogen and oxygen atoms in total. The van der Waals surface area contributed by atoms with Crippen molar-refractivity contribution >= 4 is 65.1 Å². The number of aromatic nitrogens is 6. The molecule has 4 aromatic carbocycles. The van der Waals surface area contributed by atoms with Crippen LogP contribution >= 0.6 is 7.82 Å². The van der Waals surface area contributed by atoms with E-state index in [1.54, 1.807) is 38.1 Å². The molecule has 3 aromatic heterocycles. The highest BCUT2D eigenvalue weighted by molar-refractivity contribution is 7.48. The first kappa shape index (κ1) is 112. The number of methoxy groups -OCH3 is 2. The molecule has 0 saturated carbocycles. The molecule has 7 aromatic rings. The molecule has 0 radical (unpaired) electrons. The molecule has 9 atom stereocenters. The van der Waals surface area contributed by atoms with Crippen LogP contribution in [0.3, 0.4) is 0 Å². The quantitative estimate of drug-likeness (QED) is 0.00775. The number of Topliss-reactive ketones (excluding diaryl/α,β-unsaturated/α-hetero) is 1. The first-order valence-corrected chi connectivity index (χ1v) is 51.6. The predicted molar refractivity (Wildman–Crippen MR) is 646 cm³/mol. The number of rotatable bonds is 31. The summed E-state index contributed by atoms with van der Waals surface area (Å²) in [6.45, 7) is 29.1. The highest BCUT2D eigenvalue weighted by atomic mass is 31.2. The van der Waals surface area contributed by atoms with Crippen molar-refractivity contribution in [3.63, 3.8) is 0 Å². The lowest BCUT2D eigenvalue weighted by Gasteiger charge is -2.41. The Hall–Kier alpha value is -18.5. The summed E-state index contributed by atoms with van der Waals surface area (Å²) >= 11 is 0. The van der Waals surface area contributed by atoms with E-state index in [1.807, 2.05) is 122 Å². The second-order valence-corrected chi connectivity index (χ2v) is 45.0. The van der Waals surface area contributed by atoms with Crippen LogP contribution in [0, 0.1) is 274 Å². The molecular weight excluding hydrogens is 1920 g/mol. The normalized spacial score (nSPS) is 15.4. The van der Waals surface area contributed by atoms with Gasteiger partial charge in [0, 0.05) is 241 Å². The summed E-state index contributed by atoms with van der Waals surface area (Å²) in [4.78, 5) is 116. The van der Waals surface area contributed by atoms with Crippen molar-refractivity contribution in [2.45, 2.75) is 166 Å². The van der Waals surface area contributed by atoms with Gasteiger partial charge in [-0.3, -0.25) is 57.0 Å². The van der Waals surface area contributed by atoms with Gasteiger partial charge < -0.3 is 56.4 Å². The largest absolute Gasteiger partial charge is 0.497 e. The Bertz CT molecular complexity index is 7990. The fraction of sp³-hybridized carbons (Fsp3) is 0.287. The van der Waals surface area contributed by atoms with E-state index in [9.17, 15) is 24.0 Å². The summed E-state index contributed by atoms with van der Waals surface area (Å²) < 4.78 is 105. The van der Waals surface area contributed by atoms with E-state index in [0.29, 0.717) is 28.2 Å². The van der Waals surface area contributed by atoms with Gasteiger partial charge in [0.1, 0.15) is 83.7 Å². The number of esters is 1. The topological polar surface area (TPSA) is 329 Å². The Morgan fingerprint density at radius 2 is 0.966 bits per heavy atom. The maximum absolute atomic E-state index is 16.9.